The zero-order valence-corrected chi connectivity index (χ0v) is 17.5. The van der Waals surface area contributed by atoms with Crippen LogP contribution in [0, 0.1) is 13.8 Å². The van der Waals surface area contributed by atoms with Crippen molar-refractivity contribution >= 4 is 40.8 Å². The highest BCUT2D eigenvalue weighted by molar-refractivity contribution is 6.43. The number of aryl methyl sites for hydroxylation is 2. The van der Waals surface area contributed by atoms with Gasteiger partial charge in [-0.3, -0.25) is 0 Å². The van der Waals surface area contributed by atoms with E-state index in [0.717, 1.165) is 11.1 Å². The van der Waals surface area contributed by atoms with E-state index in [9.17, 15) is 4.79 Å². The molecule has 0 amide bonds. The lowest BCUT2D eigenvalue weighted by Crippen LogP contribution is -2.14. The fraction of sp³-hybridized carbons (Fsp3) is 0.190. The number of hydrogen-bond acceptors (Lipinski definition) is 4. The number of rotatable bonds is 6. The van der Waals surface area contributed by atoms with Crippen molar-refractivity contribution in [3.63, 3.8) is 0 Å². The molecule has 0 bridgehead atoms. The topological polar surface area (TPSA) is 48.7 Å². The Morgan fingerprint density at radius 3 is 2.43 bits per heavy atom. The lowest BCUT2D eigenvalue weighted by molar-refractivity contribution is -0.147. The van der Waals surface area contributed by atoms with Crippen LogP contribution in [0.2, 0.25) is 15.1 Å². The molecule has 0 saturated carbocycles. The van der Waals surface area contributed by atoms with Crippen LogP contribution >= 0.6 is 34.8 Å². The Bertz CT molecular complexity index is 988. The van der Waals surface area contributed by atoms with E-state index in [-0.39, 0.29) is 13.2 Å². The Balaban J connectivity index is 1.55. The van der Waals surface area contributed by atoms with Crippen LogP contribution in [0.5, 0.6) is 5.75 Å². The highest BCUT2D eigenvalue weighted by atomic mass is 35.5. The summed E-state index contributed by atoms with van der Waals surface area (Å²) in [4.78, 5) is 11.9. The fourth-order valence-electron chi connectivity index (χ4n) is 2.62. The summed E-state index contributed by atoms with van der Waals surface area (Å²) in [6, 6.07) is 12.3. The van der Waals surface area contributed by atoms with Gasteiger partial charge in [0.1, 0.15) is 23.9 Å². The Hall–Kier alpha value is -2.14. The second-order valence-electron chi connectivity index (χ2n) is 6.19. The molecule has 0 aliphatic carbocycles. The van der Waals surface area contributed by atoms with E-state index < -0.39 is 5.97 Å². The molecule has 0 radical (unpaired) electrons. The Kier molecular flexibility index (Phi) is 6.55. The lowest BCUT2D eigenvalue weighted by atomic mass is 10.1. The van der Waals surface area contributed by atoms with Crippen molar-refractivity contribution in [3.8, 4) is 17.1 Å². The molecular formula is C21H17Cl3O4. The minimum Gasteiger partial charge on any atom is -0.482 e. The summed E-state index contributed by atoms with van der Waals surface area (Å²) in [5.41, 5.74) is 2.43. The van der Waals surface area contributed by atoms with E-state index in [1.165, 1.54) is 0 Å². The first-order valence-electron chi connectivity index (χ1n) is 8.43. The van der Waals surface area contributed by atoms with Gasteiger partial charge >= 0.3 is 5.97 Å². The summed E-state index contributed by atoms with van der Waals surface area (Å²) in [7, 11) is 0. The molecule has 0 aliphatic heterocycles. The lowest BCUT2D eigenvalue weighted by Gasteiger charge is -2.09. The van der Waals surface area contributed by atoms with Gasteiger partial charge in [0.2, 0.25) is 0 Å². The van der Waals surface area contributed by atoms with Gasteiger partial charge in [-0.2, -0.15) is 0 Å². The highest BCUT2D eigenvalue weighted by Crippen LogP contribution is 2.34. The molecule has 0 N–H and O–H groups in total. The molecule has 0 fully saturated rings. The molecule has 1 heterocycles. The van der Waals surface area contributed by atoms with E-state index in [1.54, 1.807) is 42.5 Å². The first-order chi connectivity index (χ1) is 13.3. The van der Waals surface area contributed by atoms with Crippen LogP contribution in [-0.4, -0.2) is 12.6 Å². The van der Waals surface area contributed by atoms with Gasteiger partial charge in [0.05, 0.1) is 10.0 Å². The number of carbonyl (C=O) groups is 1. The van der Waals surface area contributed by atoms with Gasteiger partial charge in [0, 0.05) is 10.6 Å². The van der Waals surface area contributed by atoms with E-state index in [0.29, 0.717) is 37.9 Å². The average Bonchev–Trinajstić information content (AvgIpc) is 3.13. The fourth-order valence-corrected chi connectivity index (χ4v) is 3.12. The van der Waals surface area contributed by atoms with Gasteiger partial charge in [-0.15, -0.1) is 0 Å². The second-order valence-corrected chi connectivity index (χ2v) is 7.35. The van der Waals surface area contributed by atoms with Gasteiger partial charge in [-0.1, -0.05) is 40.9 Å². The summed E-state index contributed by atoms with van der Waals surface area (Å²) in [6.45, 7) is 3.52. The molecule has 28 heavy (non-hydrogen) atoms. The Labute approximate surface area is 177 Å². The van der Waals surface area contributed by atoms with Crippen molar-refractivity contribution in [2.45, 2.75) is 20.5 Å². The number of esters is 1. The van der Waals surface area contributed by atoms with Crippen molar-refractivity contribution in [2.75, 3.05) is 6.61 Å². The summed E-state index contributed by atoms with van der Waals surface area (Å²) in [5, 5.41) is 1.53. The SMILES string of the molecule is Cc1cc(OCC(=O)OCc2ccc(-c3cccc(Cl)c3Cl)o2)cc(C)c1Cl. The molecule has 2 aromatic carbocycles. The maximum absolute atomic E-state index is 11.9. The van der Waals surface area contributed by atoms with Gasteiger partial charge in [0.15, 0.2) is 6.61 Å². The monoisotopic (exact) mass is 438 g/mol. The molecular weight excluding hydrogens is 423 g/mol. The Morgan fingerprint density at radius 1 is 1.00 bits per heavy atom. The third-order valence-corrected chi connectivity index (χ3v) is 5.44. The Morgan fingerprint density at radius 2 is 1.71 bits per heavy atom. The molecule has 146 valence electrons. The number of furan rings is 1. The first-order valence-corrected chi connectivity index (χ1v) is 9.57. The molecule has 0 saturated heterocycles. The van der Waals surface area contributed by atoms with Crippen LogP contribution in [0.1, 0.15) is 16.9 Å². The molecule has 0 atom stereocenters. The number of carbonyl (C=O) groups excluding carboxylic acids is 1. The van der Waals surface area contributed by atoms with Crippen molar-refractivity contribution in [3.05, 3.63) is 74.4 Å². The van der Waals surface area contributed by atoms with Crippen LogP contribution in [0.15, 0.2) is 46.9 Å². The van der Waals surface area contributed by atoms with E-state index in [1.807, 2.05) is 13.8 Å². The normalized spacial score (nSPS) is 10.8. The minimum absolute atomic E-state index is 0.0148. The van der Waals surface area contributed by atoms with Crippen LogP contribution in [0.25, 0.3) is 11.3 Å². The number of benzene rings is 2. The minimum atomic E-state index is -0.510. The summed E-state index contributed by atoms with van der Waals surface area (Å²) in [5.74, 6) is 1.08. The van der Waals surface area contributed by atoms with E-state index in [2.05, 4.69) is 0 Å². The molecule has 0 unspecified atom stereocenters. The highest BCUT2D eigenvalue weighted by Gasteiger charge is 2.13. The number of halogens is 3. The maximum Gasteiger partial charge on any atom is 0.344 e. The third kappa shape index (κ3) is 4.82. The van der Waals surface area contributed by atoms with E-state index >= 15 is 0 Å². The van der Waals surface area contributed by atoms with Gasteiger partial charge in [-0.05, 0) is 61.4 Å². The summed E-state index contributed by atoms with van der Waals surface area (Å²) in [6.07, 6.45) is 0. The van der Waals surface area contributed by atoms with Crippen LogP contribution < -0.4 is 4.74 Å². The van der Waals surface area contributed by atoms with Crippen LogP contribution in [-0.2, 0) is 16.1 Å². The average molecular weight is 440 g/mol. The van der Waals surface area contributed by atoms with Gasteiger partial charge < -0.3 is 13.9 Å². The third-order valence-electron chi connectivity index (χ3n) is 4.02. The van der Waals surface area contributed by atoms with Crippen LogP contribution in [0.4, 0.5) is 0 Å². The molecule has 1 aromatic heterocycles. The zero-order chi connectivity index (χ0) is 20.3. The molecule has 4 nitrogen and oxygen atoms in total. The smallest absolute Gasteiger partial charge is 0.344 e. The standard InChI is InChI=1S/C21H17Cl3O4/c1-12-8-15(9-13(2)20(12)23)26-11-19(25)27-10-14-6-7-18(28-14)16-4-3-5-17(22)21(16)24/h3-9H,10-11H2,1-2H3. The number of hydrogen-bond donors (Lipinski definition) is 0. The molecule has 3 rings (SSSR count). The summed E-state index contributed by atoms with van der Waals surface area (Å²) >= 11 is 18.3. The summed E-state index contributed by atoms with van der Waals surface area (Å²) < 4.78 is 16.4. The quantitative estimate of drug-likeness (QED) is 0.404. The largest absolute Gasteiger partial charge is 0.482 e. The first kappa shape index (κ1) is 20.6. The molecule has 3 aromatic rings. The zero-order valence-electron chi connectivity index (χ0n) is 15.2. The predicted octanol–water partition coefficient (Wildman–Crippen LogP) is 6.65. The van der Waals surface area contributed by atoms with Crippen molar-refractivity contribution in [2.24, 2.45) is 0 Å². The maximum atomic E-state index is 11.9. The van der Waals surface area contributed by atoms with Gasteiger partial charge in [0.25, 0.3) is 0 Å². The van der Waals surface area contributed by atoms with Crippen molar-refractivity contribution < 1.29 is 18.7 Å². The van der Waals surface area contributed by atoms with E-state index in [4.69, 9.17) is 48.7 Å². The van der Waals surface area contributed by atoms with Crippen molar-refractivity contribution in [1.82, 2.24) is 0 Å². The second kappa shape index (κ2) is 8.91. The molecule has 0 aliphatic rings. The van der Waals surface area contributed by atoms with Crippen LogP contribution in [0.3, 0.4) is 0 Å². The molecule has 7 heteroatoms. The number of ether oxygens (including phenoxy) is 2. The van der Waals surface area contributed by atoms with Crippen molar-refractivity contribution in [1.29, 1.82) is 0 Å². The van der Waals surface area contributed by atoms with Gasteiger partial charge in [-0.25, -0.2) is 4.79 Å². The predicted molar refractivity (Wildman–Crippen MR) is 110 cm³/mol. The molecule has 0 spiro atoms.